The molecule has 4 nitrogen and oxygen atoms in total. The van der Waals surface area contributed by atoms with Crippen molar-refractivity contribution in [1.29, 1.82) is 0 Å². The summed E-state index contributed by atoms with van der Waals surface area (Å²) >= 11 is 1.24. The van der Waals surface area contributed by atoms with Crippen LogP contribution in [0.25, 0.3) is 0 Å². The molecule has 120 valence electrons. The zero-order valence-corrected chi connectivity index (χ0v) is 13.0. The molecule has 0 unspecified atom stereocenters. The molecule has 1 fully saturated rings. The van der Waals surface area contributed by atoms with Crippen LogP contribution in [-0.2, 0) is 18.0 Å². The molecule has 1 heterocycles. The van der Waals surface area contributed by atoms with E-state index >= 15 is 0 Å². The average molecular weight is 323 g/mol. The minimum absolute atomic E-state index is 0.266. The summed E-state index contributed by atoms with van der Waals surface area (Å²) in [6.07, 6.45) is 0.540. The highest BCUT2D eigenvalue weighted by Crippen LogP contribution is 2.30. The fraction of sp³-hybridized carbons (Fsp3) is 0.846. The molecular formula is C13H20F3N3OS. The molecule has 1 aliphatic carbocycles. The number of alkyl halides is 3. The van der Waals surface area contributed by atoms with Crippen LogP contribution in [0.3, 0.4) is 0 Å². The van der Waals surface area contributed by atoms with Gasteiger partial charge in [0.05, 0.1) is 12.7 Å². The fourth-order valence-corrected chi connectivity index (χ4v) is 3.29. The third-order valence-electron chi connectivity index (χ3n) is 3.77. The lowest BCUT2D eigenvalue weighted by Crippen LogP contribution is -2.26. The number of halogens is 3. The van der Waals surface area contributed by atoms with Crippen LogP contribution in [0.15, 0.2) is 5.16 Å². The van der Waals surface area contributed by atoms with Gasteiger partial charge < -0.3 is 9.30 Å². The van der Waals surface area contributed by atoms with Crippen LogP contribution in [0, 0.1) is 5.92 Å². The Morgan fingerprint density at radius 2 is 2.00 bits per heavy atom. The van der Waals surface area contributed by atoms with E-state index < -0.39 is 12.0 Å². The van der Waals surface area contributed by atoms with Crippen LogP contribution >= 0.6 is 11.8 Å². The van der Waals surface area contributed by atoms with Gasteiger partial charge in [0.1, 0.15) is 0 Å². The van der Waals surface area contributed by atoms with Gasteiger partial charge in [-0.15, -0.1) is 10.2 Å². The van der Waals surface area contributed by atoms with Gasteiger partial charge in [-0.05, 0) is 18.8 Å². The summed E-state index contributed by atoms with van der Waals surface area (Å²) in [5.74, 6) is 0.176. The Hall–Kier alpha value is -0.760. The molecule has 21 heavy (non-hydrogen) atoms. The molecule has 1 aromatic rings. The number of hydrogen-bond donors (Lipinski definition) is 0. The summed E-state index contributed by atoms with van der Waals surface area (Å²) in [6.45, 7) is 2.71. The van der Waals surface area contributed by atoms with E-state index in [-0.39, 0.29) is 11.3 Å². The van der Waals surface area contributed by atoms with E-state index in [1.54, 1.807) is 0 Å². The van der Waals surface area contributed by atoms with E-state index in [1.165, 1.54) is 38.1 Å². The molecule has 1 saturated carbocycles. The highest BCUT2D eigenvalue weighted by molar-refractivity contribution is 7.99. The first-order valence-corrected chi connectivity index (χ1v) is 8.09. The van der Waals surface area contributed by atoms with Gasteiger partial charge in [0.15, 0.2) is 5.16 Å². The van der Waals surface area contributed by atoms with Crippen molar-refractivity contribution in [2.24, 2.45) is 13.0 Å². The lowest BCUT2D eigenvalue weighted by molar-refractivity contribution is -0.147. The topological polar surface area (TPSA) is 39.9 Å². The Morgan fingerprint density at radius 3 is 2.62 bits per heavy atom. The van der Waals surface area contributed by atoms with Crippen LogP contribution in [0.1, 0.15) is 38.4 Å². The summed E-state index contributed by atoms with van der Waals surface area (Å²) in [5.41, 5.74) is 0. The first-order chi connectivity index (χ1) is 9.89. The maximum Gasteiger partial charge on any atom is 0.451 e. The second kappa shape index (κ2) is 7.00. The fourth-order valence-electron chi connectivity index (χ4n) is 2.55. The van der Waals surface area contributed by atoms with Crippen molar-refractivity contribution in [2.45, 2.75) is 50.0 Å². The molecule has 0 saturated heterocycles. The number of thioether (sulfide) groups is 1. The largest absolute Gasteiger partial charge is 0.451 e. The summed E-state index contributed by atoms with van der Waals surface area (Å²) in [5, 5.41) is 7.04. The zero-order chi connectivity index (χ0) is 15.5. The number of ether oxygens (including phenoxy) is 1. The van der Waals surface area contributed by atoms with Crippen molar-refractivity contribution in [2.75, 3.05) is 12.4 Å². The molecule has 0 aliphatic heterocycles. The molecule has 0 spiro atoms. The van der Waals surface area contributed by atoms with Crippen LogP contribution in [-0.4, -0.2) is 33.2 Å². The minimum Gasteiger partial charge on any atom is -0.377 e. The SMILES string of the molecule is C[C@@H]1CCCC[C@@H]1OCCSc1nnc(C(F)(F)F)n1C. The zero-order valence-electron chi connectivity index (χ0n) is 12.2. The quantitative estimate of drug-likeness (QED) is 0.614. The molecule has 0 aromatic carbocycles. The number of hydrogen-bond acceptors (Lipinski definition) is 4. The maximum absolute atomic E-state index is 12.6. The molecule has 1 aliphatic rings. The smallest absolute Gasteiger partial charge is 0.377 e. The molecular weight excluding hydrogens is 303 g/mol. The van der Waals surface area contributed by atoms with Gasteiger partial charge in [-0.25, -0.2) is 0 Å². The Kier molecular flexibility index (Phi) is 5.54. The molecule has 0 bridgehead atoms. The molecule has 2 atom stereocenters. The summed E-state index contributed by atoms with van der Waals surface area (Å²) in [4.78, 5) is 0. The average Bonchev–Trinajstić information content (AvgIpc) is 2.78. The van der Waals surface area contributed by atoms with Gasteiger partial charge in [-0.3, -0.25) is 0 Å². The lowest BCUT2D eigenvalue weighted by Gasteiger charge is -2.28. The third-order valence-corrected chi connectivity index (χ3v) is 4.75. The molecule has 1 aromatic heterocycles. The van der Waals surface area contributed by atoms with E-state index in [4.69, 9.17) is 4.74 Å². The Bertz CT molecular complexity index is 464. The number of nitrogens with zero attached hydrogens (tertiary/aromatic N) is 3. The minimum atomic E-state index is -4.46. The molecule has 2 rings (SSSR count). The predicted octanol–water partition coefficient (Wildman–Crippen LogP) is 3.52. The molecule has 8 heteroatoms. The van der Waals surface area contributed by atoms with Gasteiger partial charge in [-0.2, -0.15) is 13.2 Å². The van der Waals surface area contributed by atoms with Crippen molar-refractivity contribution in [1.82, 2.24) is 14.8 Å². The van der Waals surface area contributed by atoms with Gasteiger partial charge in [-0.1, -0.05) is 31.5 Å². The molecule has 0 amide bonds. The van der Waals surface area contributed by atoms with E-state index in [0.29, 0.717) is 18.3 Å². The summed E-state index contributed by atoms with van der Waals surface area (Å²) in [6, 6.07) is 0. The second-order valence-corrected chi connectivity index (χ2v) is 6.44. The van der Waals surface area contributed by atoms with Crippen molar-refractivity contribution in [3.63, 3.8) is 0 Å². The highest BCUT2D eigenvalue weighted by atomic mass is 32.2. The first-order valence-electron chi connectivity index (χ1n) is 7.10. The van der Waals surface area contributed by atoms with E-state index in [0.717, 1.165) is 11.0 Å². The van der Waals surface area contributed by atoms with Crippen LogP contribution in [0.4, 0.5) is 13.2 Å². The summed E-state index contributed by atoms with van der Waals surface area (Å²) in [7, 11) is 1.33. The normalized spacial score (nSPS) is 23.5. The van der Waals surface area contributed by atoms with Gasteiger partial charge in [0.25, 0.3) is 0 Å². The molecule has 0 N–H and O–H groups in total. The van der Waals surface area contributed by atoms with Crippen molar-refractivity contribution in [3.05, 3.63) is 5.82 Å². The van der Waals surface area contributed by atoms with E-state index in [1.807, 2.05) is 0 Å². The second-order valence-electron chi connectivity index (χ2n) is 5.38. The molecule has 0 radical (unpaired) electrons. The standard InChI is InChI=1S/C13H20F3N3OS/c1-9-5-3-4-6-10(9)20-7-8-21-12-18-17-11(19(12)2)13(14,15)16/h9-10H,3-8H2,1-2H3/t9-,10+/m1/s1. The Balaban J connectivity index is 1.77. The van der Waals surface area contributed by atoms with Crippen LogP contribution in [0.5, 0.6) is 0 Å². The third kappa shape index (κ3) is 4.35. The van der Waals surface area contributed by atoms with Gasteiger partial charge in [0.2, 0.25) is 5.82 Å². The number of rotatable bonds is 5. The number of aromatic nitrogens is 3. The van der Waals surface area contributed by atoms with Crippen LogP contribution < -0.4 is 0 Å². The van der Waals surface area contributed by atoms with E-state index in [9.17, 15) is 13.2 Å². The van der Waals surface area contributed by atoms with Crippen molar-refractivity contribution < 1.29 is 17.9 Å². The lowest BCUT2D eigenvalue weighted by atomic mass is 9.88. The predicted molar refractivity (Wildman–Crippen MR) is 74.1 cm³/mol. The van der Waals surface area contributed by atoms with Crippen LogP contribution in [0.2, 0.25) is 0 Å². The van der Waals surface area contributed by atoms with Gasteiger partial charge >= 0.3 is 6.18 Å². The van der Waals surface area contributed by atoms with Crippen molar-refractivity contribution in [3.8, 4) is 0 Å². The van der Waals surface area contributed by atoms with Gasteiger partial charge in [0, 0.05) is 12.8 Å². The maximum atomic E-state index is 12.6. The summed E-state index contributed by atoms with van der Waals surface area (Å²) < 4.78 is 44.5. The van der Waals surface area contributed by atoms with E-state index in [2.05, 4.69) is 17.1 Å². The monoisotopic (exact) mass is 323 g/mol. The highest BCUT2D eigenvalue weighted by Gasteiger charge is 2.37. The van der Waals surface area contributed by atoms with Crippen molar-refractivity contribution >= 4 is 11.8 Å². The first kappa shape index (κ1) is 16.6. The Morgan fingerprint density at radius 1 is 1.29 bits per heavy atom. The Labute approximate surface area is 126 Å².